The Kier molecular flexibility index (Phi) is 4.60. The van der Waals surface area contributed by atoms with Crippen molar-refractivity contribution in [1.82, 2.24) is 5.32 Å². The molecule has 0 heterocycles. The summed E-state index contributed by atoms with van der Waals surface area (Å²) in [7, 11) is 1.99. The van der Waals surface area contributed by atoms with Gasteiger partial charge in [0.1, 0.15) is 0 Å². The van der Waals surface area contributed by atoms with E-state index in [2.05, 4.69) is 80.5 Å². The molecule has 2 aromatic rings. The first-order chi connectivity index (χ1) is 8.60. The van der Waals surface area contributed by atoms with Crippen LogP contribution in [0, 0.1) is 6.92 Å². The second kappa shape index (κ2) is 6.00. The van der Waals surface area contributed by atoms with Gasteiger partial charge in [0.05, 0.1) is 6.04 Å². The first kappa shape index (κ1) is 13.8. The Hall–Kier alpha value is -0.640. The molecule has 0 bridgehead atoms. The van der Waals surface area contributed by atoms with E-state index in [1.54, 1.807) is 0 Å². The molecule has 0 radical (unpaired) electrons. The lowest BCUT2D eigenvalue weighted by atomic mass is 9.98. The van der Waals surface area contributed by atoms with Crippen LogP contribution in [0.15, 0.2) is 51.4 Å². The summed E-state index contributed by atoms with van der Waals surface area (Å²) in [5, 5.41) is 3.37. The summed E-state index contributed by atoms with van der Waals surface area (Å²) in [4.78, 5) is 0. The fourth-order valence-electron chi connectivity index (χ4n) is 2.12. The van der Waals surface area contributed by atoms with Crippen LogP contribution < -0.4 is 5.32 Å². The number of hydrogen-bond donors (Lipinski definition) is 1. The fraction of sp³-hybridized carbons (Fsp3) is 0.200. The highest BCUT2D eigenvalue weighted by Crippen LogP contribution is 2.28. The Balaban J connectivity index is 2.45. The summed E-state index contributed by atoms with van der Waals surface area (Å²) in [6, 6.07) is 15.1. The zero-order valence-electron chi connectivity index (χ0n) is 10.4. The molecule has 18 heavy (non-hydrogen) atoms. The molecule has 3 heteroatoms. The number of halogens is 2. The predicted octanol–water partition coefficient (Wildman–Crippen LogP) is 4.83. The Morgan fingerprint density at radius 2 is 1.61 bits per heavy atom. The van der Waals surface area contributed by atoms with Gasteiger partial charge in [-0.15, -0.1) is 0 Å². The third kappa shape index (κ3) is 3.22. The van der Waals surface area contributed by atoms with E-state index in [4.69, 9.17) is 0 Å². The highest BCUT2D eigenvalue weighted by atomic mass is 79.9. The molecule has 1 atom stereocenters. The van der Waals surface area contributed by atoms with Crippen molar-refractivity contribution in [3.05, 3.63) is 68.1 Å². The number of aryl methyl sites for hydroxylation is 1. The van der Waals surface area contributed by atoms with Crippen LogP contribution in [0.4, 0.5) is 0 Å². The van der Waals surface area contributed by atoms with Crippen LogP contribution in [-0.2, 0) is 0 Å². The molecule has 0 aliphatic rings. The molecule has 0 amide bonds. The predicted molar refractivity (Wildman–Crippen MR) is 83.9 cm³/mol. The molecule has 1 N–H and O–H groups in total. The lowest BCUT2D eigenvalue weighted by Gasteiger charge is -2.18. The first-order valence-corrected chi connectivity index (χ1v) is 7.38. The summed E-state index contributed by atoms with van der Waals surface area (Å²) < 4.78 is 2.17. The van der Waals surface area contributed by atoms with Crippen molar-refractivity contribution in [1.29, 1.82) is 0 Å². The molecule has 0 aliphatic carbocycles. The van der Waals surface area contributed by atoms with Crippen molar-refractivity contribution in [2.24, 2.45) is 0 Å². The highest BCUT2D eigenvalue weighted by Gasteiger charge is 2.13. The molecule has 0 spiro atoms. The first-order valence-electron chi connectivity index (χ1n) is 5.80. The van der Waals surface area contributed by atoms with E-state index in [0.717, 1.165) is 8.95 Å². The third-order valence-electron chi connectivity index (χ3n) is 2.88. The van der Waals surface area contributed by atoms with Gasteiger partial charge in [0.2, 0.25) is 0 Å². The van der Waals surface area contributed by atoms with E-state index < -0.39 is 0 Å². The van der Waals surface area contributed by atoms with Crippen LogP contribution >= 0.6 is 31.9 Å². The molecular weight excluding hydrogens is 354 g/mol. The number of hydrogen-bond acceptors (Lipinski definition) is 1. The summed E-state index contributed by atoms with van der Waals surface area (Å²) in [5.41, 5.74) is 3.80. The largest absolute Gasteiger partial charge is 0.309 e. The Morgan fingerprint density at radius 1 is 0.944 bits per heavy atom. The van der Waals surface area contributed by atoms with Crippen LogP contribution in [0.1, 0.15) is 22.7 Å². The average molecular weight is 369 g/mol. The van der Waals surface area contributed by atoms with Crippen molar-refractivity contribution in [2.75, 3.05) is 7.05 Å². The van der Waals surface area contributed by atoms with Crippen LogP contribution in [0.2, 0.25) is 0 Å². The van der Waals surface area contributed by atoms with E-state index >= 15 is 0 Å². The van der Waals surface area contributed by atoms with Gasteiger partial charge >= 0.3 is 0 Å². The molecule has 0 saturated carbocycles. The average Bonchev–Trinajstić information content (AvgIpc) is 2.28. The van der Waals surface area contributed by atoms with Crippen LogP contribution in [0.25, 0.3) is 0 Å². The van der Waals surface area contributed by atoms with Crippen molar-refractivity contribution in [3.8, 4) is 0 Å². The molecule has 2 rings (SSSR count). The lowest BCUT2D eigenvalue weighted by Crippen LogP contribution is -2.17. The molecule has 0 fully saturated rings. The lowest BCUT2D eigenvalue weighted by molar-refractivity contribution is 0.690. The van der Waals surface area contributed by atoms with E-state index in [0.29, 0.717) is 0 Å². The van der Waals surface area contributed by atoms with E-state index in [-0.39, 0.29) is 6.04 Å². The van der Waals surface area contributed by atoms with Crippen LogP contribution in [-0.4, -0.2) is 7.05 Å². The summed E-state index contributed by atoms with van der Waals surface area (Å²) in [6.45, 7) is 2.12. The minimum atomic E-state index is 0.207. The molecule has 0 aliphatic heterocycles. The second-order valence-corrected chi connectivity index (χ2v) is 6.17. The van der Waals surface area contributed by atoms with Crippen molar-refractivity contribution < 1.29 is 0 Å². The zero-order chi connectivity index (χ0) is 13.1. The Bertz CT molecular complexity index is 532. The van der Waals surface area contributed by atoms with Gasteiger partial charge in [0.25, 0.3) is 0 Å². The standard InChI is InChI=1S/C15H15Br2N/c1-10-4-3-5-11(6-10)15(18-2)12-7-13(16)9-14(17)8-12/h3-9,15,18H,1-2H3. The van der Waals surface area contributed by atoms with Crippen molar-refractivity contribution in [2.45, 2.75) is 13.0 Å². The minimum Gasteiger partial charge on any atom is -0.309 e. The normalized spacial score (nSPS) is 12.4. The number of benzene rings is 2. The van der Waals surface area contributed by atoms with Crippen molar-refractivity contribution >= 4 is 31.9 Å². The zero-order valence-corrected chi connectivity index (χ0v) is 13.5. The third-order valence-corrected chi connectivity index (χ3v) is 3.80. The van der Waals surface area contributed by atoms with Gasteiger partial charge in [-0.05, 0) is 43.3 Å². The van der Waals surface area contributed by atoms with Gasteiger partial charge < -0.3 is 5.32 Å². The maximum absolute atomic E-state index is 3.54. The van der Waals surface area contributed by atoms with E-state index in [9.17, 15) is 0 Å². The van der Waals surface area contributed by atoms with Gasteiger partial charge in [0, 0.05) is 8.95 Å². The maximum Gasteiger partial charge on any atom is 0.0575 e. The fourth-order valence-corrected chi connectivity index (χ4v) is 3.45. The Morgan fingerprint density at radius 3 is 2.17 bits per heavy atom. The van der Waals surface area contributed by atoms with Crippen LogP contribution in [0.3, 0.4) is 0 Å². The summed E-state index contributed by atoms with van der Waals surface area (Å²) >= 11 is 7.08. The van der Waals surface area contributed by atoms with Gasteiger partial charge in [-0.1, -0.05) is 61.7 Å². The number of rotatable bonds is 3. The molecule has 0 aromatic heterocycles. The SMILES string of the molecule is CNC(c1cccc(C)c1)c1cc(Br)cc(Br)c1. The van der Waals surface area contributed by atoms with Crippen LogP contribution in [0.5, 0.6) is 0 Å². The minimum absolute atomic E-state index is 0.207. The van der Waals surface area contributed by atoms with Gasteiger partial charge in [-0.25, -0.2) is 0 Å². The molecule has 94 valence electrons. The topological polar surface area (TPSA) is 12.0 Å². The quantitative estimate of drug-likeness (QED) is 0.818. The van der Waals surface area contributed by atoms with E-state index in [1.165, 1.54) is 16.7 Å². The van der Waals surface area contributed by atoms with Gasteiger partial charge in [-0.3, -0.25) is 0 Å². The summed E-state index contributed by atoms with van der Waals surface area (Å²) in [6.07, 6.45) is 0. The van der Waals surface area contributed by atoms with E-state index in [1.807, 2.05) is 13.1 Å². The maximum atomic E-state index is 3.54. The number of nitrogens with one attached hydrogen (secondary N) is 1. The smallest absolute Gasteiger partial charge is 0.0575 e. The molecule has 0 saturated heterocycles. The van der Waals surface area contributed by atoms with Crippen molar-refractivity contribution in [3.63, 3.8) is 0 Å². The highest BCUT2D eigenvalue weighted by molar-refractivity contribution is 9.11. The molecule has 1 unspecified atom stereocenters. The molecule has 2 aromatic carbocycles. The molecule has 1 nitrogen and oxygen atoms in total. The molecular formula is C15H15Br2N. The Labute approximate surface area is 125 Å². The van der Waals surface area contributed by atoms with Gasteiger partial charge in [-0.2, -0.15) is 0 Å². The van der Waals surface area contributed by atoms with Gasteiger partial charge in [0.15, 0.2) is 0 Å². The second-order valence-electron chi connectivity index (χ2n) is 4.34. The monoisotopic (exact) mass is 367 g/mol. The summed E-state index contributed by atoms with van der Waals surface area (Å²) in [5.74, 6) is 0.